The quantitative estimate of drug-likeness (QED) is 0.868. The third-order valence-electron chi connectivity index (χ3n) is 5.02. The lowest BCUT2D eigenvalue weighted by Crippen LogP contribution is -2.42. The lowest BCUT2D eigenvalue weighted by atomic mass is 10.2. The summed E-state index contributed by atoms with van der Waals surface area (Å²) in [4.78, 5) is 12.8. The Morgan fingerprint density at radius 2 is 2.00 bits per heavy atom. The van der Waals surface area contributed by atoms with Gasteiger partial charge >= 0.3 is 0 Å². The molecule has 1 heterocycles. The van der Waals surface area contributed by atoms with Gasteiger partial charge < -0.3 is 10.1 Å². The van der Waals surface area contributed by atoms with Gasteiger partial charge in [-0.1, -0.05) is 29.8 Å². The summed E-state index contributed by atoms with van der Waals surface area (Å²) in [6, 6.07) is 13.6. The molecule has 2 atom stereocenters. The fraction of sp³-hybridized carbons (Fsp3) is 0.278. The zero-order valence-corrected chi connectivity index (χ0v) is 15.5. The Morgan fingerprint density at radius 1 is 1.27 bits per heavy atom. The van der Waals surface area contributed by atoms with Crippen molar-refractivity contribution in [3.05, 3.63) is 53.6 Å². The molecule has 1 saturated carbocycles. The van der Waals surface area contributed by atoms with E-state index in [1.54, 1.807) is 42.5 Å². The average Bonchev–Trinajstić information content (AvgIpc) is 3.31. The molecule has 0 unspecified atom stereocenters. The van der Waals surface area contributed by atoms with E-state index in [-0.39, 0.29) is 5.92 Å². The Labute approximate surface area is 156 Å². The van der Waals surface area contributed by atoms with Gasteiger partial charge in [0, 0.05) is 18.2 Å². The predicted octanol–water partition coefficient (Wildman–Crippen LogP) is 2.90. The molecule has 0 radical (unpaired) electrons. The Morgan fingerprint density at radius 3 is 2.65 bits per heavy atom. The van der Waals surface area contributed by atoms with E-state index in [1.165, 1.54) is 11.4 Å². The topological polar surface area (TPSA) is 75.7 Å². The zero-order chi connectivity index (χ0) is 18.5. The van der Waals surface area contributed by atoms with Gasteiger partial charge in [0.1, 0.15) is 5.75 Å². The molecule has 136 valence electrons. The first kappa shape index (κ1) is 17.2. The summed E-state index contributed by atoms with van der Waals surface area (Å²) in [5.41, 5.74) is 1.02. The van der Waals surface area contributed by atoms with Gasteiger partial charge in [-0.05, 0) is 36.8 Å². The first-order valence-corrected chi connectivity index (χ1v) is 9.94. The smallest absolute Gasteiger partial charge is 0.250 e. The van der Waals surface area contributed by atoms with Crippen LogP contribution in [0.4, 0.5) is 11.4 Å². The number of methoxy groups -OCH3 is 1. The number of hydrogen-bond acceptors (Lipinski definition) is 4. The second kappa shape index (κ2) is 5.89. The van der Waals surface area contributed by atoms with Gasteiger partial charge in [-0.2, -0.15) is 0 Å². The minimum Gasteiger partial charge on any atom is -0.495 e. The molecule has 6 nitrogen and oxygen atoms in total. The number of rotatable bonds is 4. The van der Waals surface area contributed by atoms with E-state index in [1.807, 2.05) is 6.07 Å². The van der Waals surface area contributed by atoms with E-state index in [9.17, 15) is 13.2 Å². The van der Waals surface area contributed by atoms with Crippen molar-refractivity contribution in [3.8, 4) is 5.75 Å². The van der Waals surface area contributed by atoms with Crippen molar-refractivity contribution < 1.29 is 17.9 Å². The van der Waals surface area contributed by atoms with Gasteiger partial charge in [0.15, 0.2) is 4.75 Å². The van der Waals surface area contributed by atoms with Crippen molar-refractivity contribution in [2.45, 2.75) is 11.2 Å². The Hall–Kier alpha value is -2.25. The molecular formula is C18H17ClN2O4S. The zero-order valence-electron chi connectivity index (χ0n) is 14.0. The molecule has 2 aliphatic rings. The number of nitrogens with one attached hydrogen (secondary N) is 1. The van der Waals surface area contributed by atoms with E-state index in [2.05, 4.69) is 5.32 Å². The summed E-state index contributed by atoms with van der Waals surface area (Å²) in [6.45, 7) is 0.323. The van der Waals surface area contributed by atoms with Gasteiger partial charge in [-0.25, -0.2) is 8.42 Å². The van der Waals surface area contributed by atoms with Crippen LogP contribution in [0.3, 0.4) is 0 Å². The highest BCUT2D eigenvalue weighted by Crippen LogP contribution is 2.58. The molecule has 8 heteroatoms. The van der Waals surface area contributed by atoms with Gasteiger partial charge in [0.05, 0.1) is 17.8 Å². The second-order valence-electron chi connectivity index (χ2n) is 6.47. The van der Waals surface area contributed by atoms with Crippen LogP contribution in [-0.2, 0) is 14.8 Å². The molecule has 2 aromatic rings. The third kappa shape index (κ3) is 2.38. The molecule has 26 heavy (non-hydrogen) atoms. The van der Waals surface area contributed by atoms with E-state index in [0.717, 1.165) is 0 Å². The molecule has 4 rings (SSSR count). The number of halogens is 1. The SMILES string of the molecule is COc1ccc(NC(=O)[C@]23C[C@H]2CN(c2ccccc2)S3(=O)=O)cc1Cl. The van der Waals surface area contributed by atoms with Gasteiger partial charge in [-0.3, -0.25) is 9.10 Å². The number of amides is 1. The van der Waals surface area contributed by atoms with Crippen molar-refractivity contribution in [2.75, 3.05) is 23.3 Å². The summed E-state index contributed by atoms with van der Waals surface area (Å²) >= 11 is 6.07. The molecule has 0 spiro atoms. The highest BCUT2D eigenvalue weighted by atomic mass is 35.5. The summed E-state index contributed by atoms with van der Waals surface area (Å²) in [7, 11) is -2.29. The van der Waals surface area contributed by atoms with Crippen LogP contribution < -0.4 is 14.4 Å². The van der Waals surface area contributed by atoms with Crippen molar-refractivity contribution in [3.63, 3.8) is 0 Å². The summed E-state index contributed by atoms with van der Waals surface area (Å²) < 4.78 is 31.2. The second-order valence-corrected chi connectivity index (χ2v) is 8.99. The number of hydrogen-bond donors (Lipinski definition) is 1. The number of nitrogens with zero attached hydrogens (tertiary/aromatic N) is 1. The lowest BCUT2D eigenvalue weighted by molar-refractivity contribution is -0.116. The minimum absolute atomic E-state index is 0.207. The van der Waals surface area contributed by atoms with E-state index in [4.69, 9.17) is 16.3 Å². The minimum atomic E-state index is -3.79. The van der Waals surface area contributed by atoms with Crippen molar-refractivity contribution in [1.82, 2.24) is 0 Å². The van der Waals surface area contributed by atoms with E-state index >= 15 is 0 Å². The number of carbonyl (C=O) groups excluding carboxylic acids is 1. The van der Waals surface area contributed by atoms with Crippen LogP contribution in [0.25, 0.3) is 0 Å². The number of fused-ring (bicyclic) bond motifs is 1. The van der Waals surface area contributed by atoms with Gasteiger partial charge in [-0.15, -0.1) is 0 Å². The normalized spacial score (nSPS) is 25.5. The number of sulfonamides is 1. The van der Waals surface area contributed by atoms with Crippen LogP contribution in [0.15, 0.2) is 48.5 Å². The fourth-order valence-electron chi connectivity index (χ4n) is 3.54. The molecule has 1 N–H and O–H groups in total. The van der Waals surface area contributed by atoms with Gasteiger partial charge in [0.25, 0.3) is 0 Å². The molecule has 1 aliphatic heterocycles. The summed E-state index contributed by atoms with van der Waals surface area (Å²) in [5, 5.41) is 3.04. The average molecular weight is 393 g/mol. The Kier molecular flexibility index (Phi) is 3.89. The first-order valence-electron chi connectivity index (χ1n) is 8.12. The monoisotopic (exact) mass is 392 g/mol. The summed E-state index contributed by atoms with van der Waals surface area (Å²) in [6.07, 6.45) is 0.342. The van der Waals surface area contributed by atoms with E-state index in [0.29, 0.717) is 35.1 Å². The summed E-state index contributed by atoms with van der Waals surface area (Å²) in [5.74, 6) is -0.237. The predicted molar refractivity (Wildman–Crippen MR) is 100 cm³/mol. The first-order chi connectivity index (χ1) is 12.4. The van der Waals surface area contributed by atoms with Crippen LogP contribution in [0.1, 0.15) is 6.42 Å². The van der Waals surface area contributed by atoms with Crippen LogP contribution in [0, 0.1) is 5.92 Å². The third-order valence-corrected chi connectivity index (χ3v) is 7.87. The van der Waals surface area contributed by atoms with Crippen LogP contribution >= 0.6 is 11.6 Å². The standard InChI is InChI=1S/C18H17ClN2O4S/c1-25-16-8-7-13(9-15(16)19)20-17(22)18-10-12(18)11-21(26(18,23)24)14-5-3-2-4-6-14/h2-9,12H,10-11H2,1H3,(H,20,22)/t12-,18-/m0/s1. The molecule has 2 fully saturated rings. The highest BCUT2D eigenvalue weighted by Gasteiger charge is 2.75. The van der Waals surface area contributed by atoms with Crippen molar-refractivity contribution in [2.24, 2.45) is 5.92 Å². The number of benzene rings is 2. The fourth-order valence-corrected chi connectivity index (χ4v) is 6.16. The maximum Gasteiger partial charge on any atom is 0.250 e. The number of carbonyl (C=O) groups is 1. The molecule has 0 aromatic heterocycles. The Bertz CT molecular complexity index is 980. The van der Waals surface area contributed by atoms with Crippen LogP contribution in [-0.4, -0.2) is 32.7 Å². The molecule has 0 bridgehead atoms. The van der Waals surface area contributed by atoms with E-state index < -0.39 is 20.7 Å². The maximum atomic E-state index is 13.1. The maximum absolute atomic E-state index is 13.1. The largest absolute Gasteiger partial charge is 0.495 e. The molecule has 1 aliphatic carbocycles. The molecule has 2 aromatic carbocycles. The van der Waals surface area contributed by atoms with Crippen LogP contribution in [0.5, 0.6) is 5.75 Å². The van der Waals surface area contributed by atoms with Crippen LogP contribution in [0.2, 0.25) is 5.02 Å². The lowest BCUT2D eigenvalue weighted by Gasteiger charge is -2.23. The molecule has 1 amide bonds. The number of ether oxygens (including phenoxy) is 1. The van der Waals surface area contributed by atoms with Crippen molar-refractivity contribution in [1.29, 1.82) is 0 Å². The Balaban J connectivity index is 1.60. The number of para-hydroxylation sites is 1. The highest BCUT2D eigenvalue weighted by molar-refractivity contribution is 7.95. The van der Waals surface area contributed by atoms with Crippen molar-refractivity contribution >= 4 is 38.9 Å². The molecule has 1 saturated heterocycles. The molecular weight excluding hydrogens is 376 g/mol. The number of anilines is 2. The van der Waals surface area contributed by atoms with Gasteiger partial charge in [0.2, 0.25) is 15.9 Å².